The van der Waals surface area contributed by atoms with E-state index in [4.69, 9.17) is 27.9 Å². The van der Waals surface area contributed by atoms with Crippen LogP contribution in [0.1, 0.15) is 22.8 Å². The molecule has 0 spiro atoms. The lowest BCUT2D eigenvalue weighted by Crippen LogP contribution is -2.14. The molecule has 0 atom stereocenters. The van der Waals surface area contributed by atoms with Crippen LogP contribution in [-0.4, -0.2) is 18.5 Å². The minimum absolute atomic E-state index is 0.177. The number of amides is 1. The smallest absolute Gasteiger partial charge is 0.338 e. The van der Waals surface area contributed by atoms with Crippen molar-refractivity contribution < 1.29 is 14.3 Å². The highest BCUT2D eigenvalue weighted by atomic mass is 35.5. The summed E-state index contributed by atoms with van der Waals surface area (Å²) < 4.78 is 4.90. The van der Waals surface area contributed by atoms with E-state index in [1.807, 2.05) is 0 Å². The minimum atomic E-state index is -0.388. The molecular formula is C17H15Cl2NO3. The fourth-order valence-corrected chi connectivity index (χ4v) is 2.26. The van der Waals surface area contributed by atoms with Crippen molar-refractivity contribution in [3.63, 3.8) is 0 Å². The third-order valence-electron chi connectivity index (χ3n) is 3.03. The van der Waals surface area contributed by atoms with Gasteiger partial charge in [-0.1, -0.05) is 29.3 Å². The van der Waals surface area contributed by atoms with E-state index in [9.17, 15) is 9.59 Å². The lowest BCUT2D eigenvalue weighted by molar-refractivity contribution is -0.115. The second-order valence-electron chi connectivity index (χ2n) is 4.77. The molecule has 0 aliphatic heterocycles. The monoisotopic (exact) mass is 351 g/mol. The van der Waals surface area contributed by atoms with Gasteiger partial charge in [0.2, 0.25) is 5.91 Å². The van der Waals surface area contributed by atoms with Gasteiger partial charge in [-0.2, -0.15) is 0 Å². The van der Waals surface area contributed by atoms with Gasteiger partial charge in [0.15, 0.2) is 0 Å². The van der Waals surface area contributed by atoms with E-state index in [0.29, 0.717) is 27.9 Å². The van der Waals surface area contributed by atoms with Crippen molar-refractivity contribution in [2.45, 2.75) is 13.3 Å². The van der Waals surface area contributed by atoms with Crippen molar-refractivity contribution in [3.8, 4) is 0 Å². The minimum Gasteiger partial charge on any atom is -0.462 e. The van der Waals surface area contributed by atoms with Crippen LogP contribution in [0.4, 0.5) is 5.69 Å². The fraction of sp³-hybridized carbons (Fsp3) is 0.176. The van der Waals surface area contributed by atoms with Gasteiger partial charge >= 0.3 is 5.97 Å². The third-order valence-corrected chi connectivity index (χ3v) is 3.77. The standard InChI is InChI=1S/C17H15Cl2NO3/c1-2-23-17(22)12-4-6-13(7-5-12)20-16(21)10-11-3-8-14(18)15(19)9-11/h3-9H,2,10H2,1H3,(H,20,21). The summed E-state index contributed by atoms with van der Waals surface area (Å²) in [6.07, 6.45) is 0.177. The van der Waals surface area contributed by atoms with E-state index in [1.54, 1.807) is 49.4 Å². The number of carbonyl (C=O) groups excluding carboxylic acids is 2. The summed E-state index contributed by atoms with van der Waals surface area (Å²) in [4.78, 5) is 23.6. The Bertz CT molecular complexity index is 714. The lowest BCUT2D eigenvalue weighted by Gasteiger charge is -2.07. The van der Waals surface area contributed by atoms with Gasteiger partial charge in [-0.05, 0) is 48.9 Å². The first-order chi connectivity index (χ1) is 11.0. The summed E-state index contributed by atoms with van der Waals surface area (Å²) in [6, 6.07) is 11.6. The molecule has 0 aromatic heterocycles. The number of rotatable bonds is 5. The highest BCUT2D eigenvalue weighted by molar-refractivity contribution is 6.42. The maximum Gasteiger partial charge on any atom is 0.338 e. The van der Waals surface area contributed by atoms with Crippen LogP contribution in [0.15, 0.2) is 42.5 Å². The summed E-state index contributed by atoms with van der Waals surface area (Å²) in [5.74, 6) is -0.576. The van der Waals surface area contributed by atoms with Gasteiger partial charge < -0.3 is 10.1 Å². The van der Waals surface area contributed by atoms with E-state index in [-0.39, 0.29) is 18.3 Å². The lowest BCUT2D eigenvalue weighted by atomic mass is 10.1. The molecule has 1 amide bonds. The molecule has 0 aliphatic rings. The van der Waals surface area contributed by atoms with Crippen LogP contribution in [0.2, 0.25) is 10.0 Å². The summed E-state index contributed by atoms with van der Waals surface area (Å²) in [7, 11) is 0. The van der Waals surface area contributed by atoms with Gasteiger partial charge in [-0.3, -0.25) is 4.79 Å². The Morgan fingerprint density at radius 1 is 1.04 bits per heavy atom. The van der Waals surface area contributed by atoms with E-state index >= 15 is 0 Å². The number of halogens is 2. The summed E-state index contributed by atoms with van der Waals surface area (Å²) in [5, 5.41) is 3.62. The van der Waals surface area contributed by atoms with Crippen LogP contribution in [-0.2, 0) is 16.0 Å². The molecule has 2 rings (SSSR count). The van der Waals surface area contributed by atoms with Crippen LogP contribution in [0, 0.1) is 0 Å². The number of hydrogen-bond acceptors (Lipinski definition) is 3. The van der Waals surface area contributed by atoms with Crippen LogP contribution in [0.25, 0.3) is 0 Å². The number of esters is 1. The number of hydrogen-bond donors (Lipinski definition) is 1. The molecule has 2 aromatic rings. The van der Waals surface area contributed by atoms with Crippen molar-refractivity contribution in [1.29, 1.82) is 0 Å². The zero-order chi connectivity index (χ0) is 16.8. The van der Waals surface area contributed by atoms with Crippen molar-refractivity contribution in [1.82, 2.24) is 0 Å². The number of carbonyl (C=O) groups is 2. The van der Waals surface area contributed by atoms with Crippen molar-refractivity contribution in [2.75, 3.05) is 11.9 Å². The van der Waals surface area contributed by atoms with Crippen LogP contribution in [0.3, 0.4) is 0 Å². The topological polar surface area (TPSA) is 55.4 Å². The molecular weight excluding hydrogens is 337 g/mol. The quantitative estimate of drug-likeness (QED) is 0.814. The van der Waals surface area contributed by atoms with Gasteiger partial charge in [-0.25, -0.2) is 4.79 Å². The van der Waals surface area contributed by atoms with E-state index in [0.717, 1.165) is 5.56 Å². The molecule has 0 aliphatic carbocycles. The molecule has 120 valence electrons. The van der Waals surface area contributed by atoms with Gasteiger partial charge in [-0.15, -0.1) is 0 Å². The highest BCUT2D eigenvalue weighted by Gasteiger charge is 2.08. The molecule has 1 N–H and O–H groups in total. The number of anilines is 1. The second-order valence-corrected chi connectivity index (χ2v) is 5.59. The van der Waals surface area contributed by atoms with Gasteiger partial charge in [0.25, 0.3) is 0 Å². The highest BCUT2D eigenvalue weighted by Crippen LogP contribution is 2.23. The van der Waals surface area contributed by atoms with Gasteiger partial charge in [0, 0.05) is 5.69 Å². The summed E-state index contributed by atoms with van der Waals surface area (Å²) >= 11 is 11.8. The Hall–Kier alpha value is -2.04. The maximum absolute atomic E-state index is 12.0. The normalized spacial score (nSPS) is 10.2. The summed E-state index contributed by atoms with van der Waals surface area (Å²) in [5.41, 5.74) is 1.80. The molecule has 0 heterocycles. The van der Waals surface area contributed by atoms with Crippen LogP contribution in [0.5, 0.6) is 0 Å². The molecule has 4 nitrogen and oxygen atoms in total. The molecule has 23 heavy (non-hydrogen) atoms. The van der Waals surface area contributed by atoms with Gasteiger partial charge in [0.1, 0.15) is 0 Å². The molecule has 0 bridgehead atoms. The second kappa shape index (κ2) is 7.99. The first kappa shape index (κ1) is 17.3. The Balaban J connectivity index is 1.97. The fourth-order valence-electron chi connectivity index (χ4n) is 1.94. The average Bonchev–Trinajstić information content (AvgIpc) is 2.52. The van der Waals surface area contributed by atoms with E-state index < -0.39 is 0 Å². The third kappa shape index (κ3) is 4.98. The molecule has 0 radical (unpaired) electrons. The molecule has 2 aromatic carbocycles. The SMILES string of the molecule is CCOC(=O)c1ccc(NC(=O)Cc2ccc(Cl)c(Cl)c2)cc1. The van der Waals surface area contributed by atoms with E-state index in [2.05, 4.69) is 5.32 Å². The first-order valence-corrected chi connectivity index (χ1v) is 7.76. The average molecular weight is 352 g/mol. The number of benzene rings is 2. The maximum atomic E-state index is 12.0. The number of nitrogens with one attached hydrogen (secondary N) is 1. The zero-order valence-electron chi connectivity index (χ0n) is 12.4. The molecule has 6 heteroatoms. The molecule has 0 unspecified atom stereocenters. The predicted molar refractivity (Wildman–Crippen MR) is 91.2 cm³/mol. The Kier molecular flexibility index (Phi) is 6.02. The zero-order valence-corrected chi connectivity index (χ0v) is 13.9. The van der Waals surface area contributed by atoms with Crippen molar-refractivity contribution in [3.05, 3.63) is 63.6 Å². The van der Waals surface area contributed by atoms with E-state index in [1.165, 1.54) is 0 Å². The van der Waals surface area contributed by atoms with Crippen molar-refractivity contribution >= 4 is 40.8 Å². The number of ether oxygens (including phenoxy) is 1. The molecule has 0 saturated heterocycles. The Morgan fingerprint density at radius 2 is 1.74 bits per heavy atom. The van der Waals surface area contributed by atoms with Crippen LogP contribution < -0.4 is 5.32 Å². The predicted octanol–water partition coefficient (Wildman–Crippen LogP) is 4.35. The largest absolute Gasteiger partial charge is 0.462 e. The molecule has 0 saturated carbocycles. The Morgan fingerprint density at radius 3 is 2.35 bits per heavy atom. The molecule has 0 fully saturated rings. The first-order valence-electron chi connectivity index (χ1n) is 7.00. The van der Waals surface area contributed by atoms with Crippen molar-refractivity contribution in [2.24, 2.45) is 0 Å². The summed E-state index contributed by atoms with van der Waals surface area (Å²) in [6.45, 7) is 2.07. The van der Waals surface area contributed by atoms with Crippen LogP contribution >= 0.6 is 23.2 Å². The Labute approximate surface area is 144 Å². The van der Waals surface area contributed by atoms with Gasteiger partial charge in [0.05, 0.1) is 28.6 Å².